The summed E-state index contributed by atoms with van der Waals surface area (Å²) in [5.41, 5.74) is 4.95. The minimum atomic E-state index is -3.33. The fourth-order valence-corrected chi connectivity index (χ4v) is 3.80. The van der Waals surface area contributed by atoms with Crippen molar-refractivity contribution in [3.8, 4) is 0 Å². The zero-order chi connectivity index (χ0) is 17.2. The number of aromatic nitrogens is 2. The van der Waals surface area contributed by atoms with E-state index in [1.54, 1.807) is 36.4 Å². The molecule has 3 rings (SSSR count). The Bertz CT molecular complexity index is 855. The van der Waals surface area contributed by atoms with E-state index >= 15 is 0 Å². The molecule has 2 N–H and O–H groups in total. The summed E-state index contributed by atoms with van der Waals surface area (Å²) in [6, 6.07) is 10.2. The summed E-state index contributed by atoms with van der Waals surface area (Å²) in [6.45, 7) is -3.31. The summed E-state index contributed by atoms with van der Waals surface area (Å²) in [5, 5.41) is 0.470. The topological polar surface area (TPSA) is 102 Å². The summed E-state index contributed by atoms with van der Waals surface area (Å²) in [6.07, 6.45) is 3.86. The van der Waals surface area contributed by atoms with E-state index in [9.17, 15) is 9.69 Å². The van der Waals surface area contributed by atoms with E-state index in [0.29, 0.717) is 5.30 Å². The van der Waals surface area contributed by atoms with Crippen molar-refractivity contribution in [3.05, 3.63) is 65.2 Å². The van der Waals surface area contributed by atoms with Crippen LogP contribution in [0.3, 0.4) is 0 Å². The molecule has 0 fully saturated rings. The molecule has 0 saturated carbocycles. The lowest BCUT2D eigenvalue weighted by atomic mass is 10.4. The van der Waals surface area contributed by atoms with E-state index in [1.165, 1.54) is 16.8 Å². The first kappa shape index (κ1) is 17.0. The number of nitrogens with zero attached hydrogens (tertiary/aromatic N) is 2. The van der Waals surface area contributed by atoms with Crippen LogP contribution in [0, 0.1) is 0 Å². The number of rotatable bonds is 5. The third-order valence-electron chi connectivity index (χ3n) is 3.41. The van der Waals surface area contributed by atoms with E-state index in [4.69, 9.17) is 26.8 Å². The van der Waals surface area contributed by atoms with Crippen molar-refractivity contribution in [3.63, 3.8) is 0 Å². The molecule has 0 amide bonds. The Hall–Kier alpha value is -1.83. The highest BCUT2D eigenvalue weighted by atomic mass is 32.5. The molecule has 0 aliphatic carbocycles. The van der Waals surface area contributed by atoms with Crippen molar-refractivity contribution in [2.24, 2.45) is 0 Å². The summed E-state index contributed by atoms with van der Waals surface area (Å²) in [4.78, 5) is 27.9. The Morgan fingerprint density at radius 1 is 1.33 bits per heavy atom. The van der Waals surface area contributed by atoms with Gasteiger partial charge < -0.3 is 19.9 Å². The fraction of sp³-hybridized carbons (Fsp3) is 0.200. The minimum absolute atomic E-state index is 0.0276. The molecule has 1 aromatic heterocycles. The van der Waals surface area contributed by atoms with Crippen LogP contribution in [-0.2, 0) is 21.1 Å². The molecule has 1 unspecified atom stereocenters. The summed E-state index contributed by atoms with van der Waals surface area (Å²) < 4.78 is 12.4. The van der Waals surface area contributed by atoms with Gasteiger partial charge in [-0.1, -0.05) is 48.2 Å². The minimum Gasteiger partial charge on any atom is -0.797 e. The predicted molar refractivity (Wildman–Crippen MR) is 92.3 cm³/mol. The summed E-state index contributed by atoms with van der Waals surface area (Å²) in [5.74, 6) is 0.146. The van der Waals surface area contributed by atoms with E-state index in [2.05, 4.69) is 4.98 Å². The van der Waals surface area contributed by atoms with Crippen LogP contribution < -0.4 is 21.6 Å². The predicted octanol–water partition coefficient (Wildman–Crippen LogP) is 0.291. The Kier molecular flexibility index (Phi) is 4.93. The van der Waals surface area contributed by atoms with Crippen molar-refractivity contribution < 1.29 is 14.2 Å². The van der Waals surface area contributed by atoms with Gasteiger partial charge in [-0.2, -0.15) is 4.98 Å². The van der Waals surface area contributed by atoms with Gasteiger partial charge in [-0.15, -0.1) is 0 Å². The van der Waals surface area contributed by atoms with Gasteiger partial charge in [0, 0.05) is 12.7 Å². The SMILES string of the molecule is Nc1ccn([C@H]2C=C[C@@H](COP([O-])(=S)c3ccccc3)O2)c(=O)n1. The number of hydrogen-bond acceptors (Lipinski definition) is 7. The number of hydrogen-bond donors (Lipinski definition) is 1. The Labute approximate surface area is 143 Å². The number of ether oxygens (including phenoxy) is 1. The standard InChI is InChI=1S/C15H16N3O4PS/c16-13-8-9-18(15(19)17-13)14-7-6-11(22-14)10-21-23(20,24)12-4-2-1-3-5-12/h1-9,11,14H,10H2,(H,20,24)(H2,16,17,19)/p-1/t11-,14+,23?/m0/s1. The molecule has 3 atom stereocenters. The van der Waals surface area contributed by atoms with Crippen LogP contribution >= 0.6 is 6.49 Å². The lowest BCUT2D eigenvalue weighted by molar-refractivity contribution is -0.180. The lowest BCUT2D eigenvalue weighted by Gasteiger charge is -2.29. The first-order chi connectivity index (χ1) is 11.5. The molecule has 0 radical (unpaired) electrons. The molecule has 7 nitrogen and oxygen atoms in total. The molecule has 2 heterocycles. The van der Waals surface area contributed by atoms with Crippen molar-refractivity contribution in [1.29, 1.82) is 0 Å². The second kappa shape index (κ2) is 6.96. The summed E-state index contributed by atoms with van der Waals surface area (Å²) >= 11 is 5.08. The third-order valence-corrected chi connectivity index (χ3v) is 5.78. The maximum absolute atomic E-state index is 12.4. The normalized spacial score (nSPS) is 22.4. The van der Waals surface area contributed by atoms with Crippen LogP contribution in [0.4, 0.5) is 5.82 Å². The molecule has 2 aromatic rings. The van der Waals surface area contributed by atoms with E-state index < -0.39 is 24.5 Å². The zero-order valence-corrected chi connectivity index (χ0v) is 14.2. The monoisotopic (exact) mass is 364 g/mol. The largest absolute Gasteiger partial charge is 0.797 e. The fourth-order valence-electron chi connectivity index (χ4n) is 2.22. The van der Waals surface area contributed by atoms with Gasteiger partial charge in [0.15, 0.2) is 6.23 Å². The highest BCUT2D eigenvalue weighted by Gasteiger charge is 2.22. The van der Waals surface area contributed by atoms with E-state index in [-0.39, 0.29) is 12.4 Å². The van der Waals surface area contributed by atoms with E-state index in [1.807, 2.05) is 6.07 Å². The number of benzene rings is 1. The number of nitrogen functional groups attached to an aromatic ring is 1. The van der Waals surface area contributed by atoms with Crippen molar-refractivity contribution >= 4 is 29.4 Å². The van der Waals surface area contributed by atoms with Crippen molar-refractivity contribution in [1.82, 2.24) is 9.55 Å². The zero-order valence-electron chi connectivity index (χ0n) is 12.5. The molecule has 1 aliphatic rings. The van der Waals surface area contributed by atoms with Crippen LogP contribution in [0.1, 0.15) is 6.23 Å². The Morgan fingerprint density at radius 2 is 2.08 bits per heavy atom. The molecule has 1 aromatic carbocycles. The van der Waals surface area contributed by atoms with Crippen LogP contribution in [0.2, 0.25) is 0 Å². The first-order valence-electron chi connectivity index (χ1n) is 7.15. The first-order valence-corrected chi connectivity index (χ1v) is 9.79. The lowest BCUT2D eigenvalue weighted by Crippen LogP contribution is -2.28. The van der Waals surface area contributed by atoms with Crippen molar-refractivity contribution in [2.45, 2.75) is 12.3 Å². The molecule has 0 bridgehead atoms. The van der Waals surface area contributed by atoms with Crippen LogP contribution in [0.15, 0.2) is 59.5 Å². The van der Waals surface area contributed by atoms with Gasteiger partial charge in [0.2, 0.25) is 0 Å². The van der Waals surface area contributed by atoms with Gasteiger partial charge in [0.05, 0.1) is 6.61 Å². The smallest absolute Gasteiger partial charge is 0.351 e. The molecule has 0 saturated heterocycles. The molecule has 1 aliphatic heterocycles. The average molecular weight is 364 g/mol. The molecule has 0 spiro atoms. The second-order valence-electron chi connectivity index (χ2n) is 5.12. The highest BCUT2D eigenvalue weighted by Crippen LogP contribution is 2.37. The molecular formula is C15H15N3O4PS-. The van der Waals surface area contributed by atoms with Crippen molar-refractivity contribution in [2.75, 3.05) is 12.3 Å². The van der Waals surface area contributed by atoms with Gasteiger partial charge in [0.1, 0.15) is 11.9 Å². The maximum atomic E-state index is 12.4. The summed E-state index contributed by atoms with van der Waals surface area (Å²) in [7, 11) is 0. The third kappa shape index (κ3) is 3.80. The molecule has 126 valence electrons. The molecule has 9 heteroatoms. The van der Waals surface area contributed by atoms with E-state index in [0.717, 1.165) is 0 Å². The number of anilines is 1. The van der Waals surface area contributed by atoms with Crippen LogP contribution in [0.5, 0.6) is 0 Å². The Morgan fingerprint density at radius 3 is 2.79 bits per heavy atom. The highest BCUT2D eigenvalue weighted by molar-refractivity contribution is 8.12. The Balaban J connectivity index is 1.62. The maximum Gasteiger partial charge on any atom is 0.351 e. The second-order valence-corrected chi connectivity index (χ2v) is 8.33. The average Bonchev–Trinajstić information content (AvgIpc) is 3.03. The number of nitrogens with two attached hydrogens (primary N) is 1. The van der Waals surface area contributed by atoms with Crippen LogP contribution in [-0.4, -0.2) is 22.3 Å². The molecular weight excluding hydrogens is 349 g/mol. The van der Waals surface area contributed by atoms with Crippen LogP contribution in [0.25, 0.3) is 0 Å². The van der Waals surface area contributed by atoms with Gasteiger partial charge in [-0.05, 0) is 17.4 Å². The van der Waals surface area contributed by atoms with Gasteiger partial charge in [-0.3, -0.25) is 4.57 Å². The molecule has 24 heavy (non-hydrogen) atoms. The van der Waals surface area contributed by atoms with Gasteiger partial charge in [0.25, 0.3) is 0 Å². The quantitative estimate of drug-likeness (QED) is 0.601. The van der Waals surface area contributed by atoms with Gasteiger partial charge in [-0.25, -0.2) is 4.79 Å². The van der Waals surface area contributed by atoms with Gasteiger partial charge >= 0.3 is 5.69 Å².